The summed E-state index contributed by atoms with van der Waals surface area (Å²) in [5, 5.41) is 8.20. The number of nitrogens with zero attached hydrogens (tertiary/aromatic N) is 1. The molecule has 21 heavy (non-hydrogen) atoms. The predicted octanol–water partition coefficient (Wildman–Crippen LogP) is 3.38. The first kappa shape index (κ1) is 15.5. The molecule has 1 amide bonds. The molecule has 0 radical (unpaired) electrons. The molecule has 0 fully saturated rings. The molecular weight excluding hydrogens is 282 g/mol. The molecule has 4 nitrogen and oxygen atoms in total. The molecule has 2 N–H and O–H groups in total. The lowest BCUT2D eigenvalue weighted by Gasteiger charge is -2.09. The number of pyridine rings is 1. The molecule has 5 heteroatoms. The summed E-state index contributed by atoms with van der Waals surface area (Å²) in [5.74, 6) is 0.683. The van der Waals surface area contributed by atoms with E-state index in [0.29, 0.717) is 12.1 Å². The third-order valence-corrected chi connectivity index (χ3v) is 4.16. The zero-order valence-electron chi connectivity index (χ0n) is 12.7. The number of rotatable bonds is 6. The summed E-state index contributed by atoms with van der Waals surface area (Å²) in [6.45, 7) is 7.39. The average molecular weight is 303 g/mol. The van der Waals surface area contributed by atoms with Crippen molar-refractivity contribution >= 4 is 23.1 Å². The molecule has 2 aromatic heterocycles. The number of carbonyl (C=O) groups is 1. The van der Waals surface area contributed by atoms with E-state index in [-0.39, 0.29) is 5.91 Å². The number of aryl methyl sites for hydroxylation is 2. The van der Waals surface area contributed by atoms with Crippen LogP contribution in [0.3, 0.4) is 0 Å². The van der Waals surface area contributed by atoms with E-state index >= 15 is 0 Å². The van der Waals surface area contributed by atoms with Crippen LogP contribution in [0.25, 0.3) is 0 Å². The van der Waals surface area contributed by atoms with Gasteiger partial charge in [-0.05, 0) is 49.4 Å². The van der Waals surface area contributed by atoms with Gasteiger partial charge in [0.2, 0.25) is 0 Å². The van der Waals surface area contributed by atoms with Gasteiger partial charge in [0.15, 0.2) is 0 Å². The molecule has 0 aliphatic carbocycles. The zero-order chi connectivity index (χ0) is 15.2. The van der Waals surface area contributed by atoms with Crippen LogP contribution < -0.4 is 10.6 Å². The van der Waals surface area contributed by atoms with Crippen LogP contribution in [0, 0.1) is 6.92 Å². The lowest BCUT2D eigenvalue weighted by Crippen LogP contribution is -2.23. The number of aromatic nitrogens is 1. The van der Waals surface area contributed by atoms with Gasteiger partial charge in [-0.2, -0.15) is 0 Å². The highest BCUT2D eigenvalue weighted by molar-refractivity contribution is 7.10. The third-order valence-electron chi connectivity index (χ3n) is 3.20. The van der Waals surface area contributed by atoms with Gasteiger partial charge in [-0.1, -0.05) is 6.92 Å². The lowest BCUT2D eigenvalue weighted by molar-refractivity contribution is 0.0951. The maximum absolute atomic E-state index is 12.3. The second-order valence-electron chi connectivity index (χ2n) is 4.82. The summed E-state index contributed by atoms with van der Waals surface area (Å²) >= 11 is 1.69. The first-order valence-corrected chi connectivity index (χ1v) is 8.08. The maximum Gasteiger partial charge on any atom is 0.251 e. The molecule has 0 saturated carbocycles. The Hall–Kier alpha value is -1.88. The second kappa shape index (κ2) is 7.22. The molecule has 112 valence electrons. The van der Waals surface area contributed by atoms with E-state index in [1.807, 2.05) is 19.9 Å². The van der Waals surface area contributed by atoms with Gasteiger partial charge in [-0.3, -0.25) is 4.79 Å². The molecule has 0 aliphatic rings. The molecule has 0 unspecified atom stereocenters. The van der Waals surface area contributed by atoms with Crippen molar-refractivity contribution in [1.82, 2.24) is 10.3 Å². The minimum atomic E-state index is -0.0601. The fraction of sp³-hybridized carbons (Fsp3) is 0.375. The third kappa shape index (κ3) is 4.04. The summed E-state index contributed by atoms with van der Waals surface area (Å²) in [6, 6.07) is 5.72. The monoisotopic (exact) mass is 303 g/mol. The van der Waals surface area contributed by atoms with Gasteiger partial charge >= 0.3 is 0 Å². The van der Waals surface area contributed by atoms with Crippen LogP contribution in [0.5, 0.6) is 0 Å². The van der Waals surface area contributed by atoms with Gasteiger partial charge in [0.05, 0.1) is 6.54 Å². The quantitative estimate of drug-likeness (QED) is 0.860. The van der Waals surface area contributed by atoms with Crippen molar-refractivity contribution in [2.75, 3.05) is 11.9 Å². The van der Waals surface area contributed by atoms with E-state index in [1.165, 1.54) is 10.4 Å². The van der Waals surface area contributed by atoms with Crippen molar-refractivity contribution < 1.29 is 4.79 Å². The Morgan fingerprint density at radius 2 is 2.14 bits per heavy atom. The van der Waals surface area contributed by atoms with Crippen molar-refractivity contribution in [2.24, 2.45) is 0 Å². The highest BCUT2D eigenvalue weighted by Crippen LogP contribution is 2.17. The molecule has 0 saturated heterocycles. The smallest absolute Gasteiger partial charge is 0.251 e. The number of hydrogen-bond acceptors (Lipinski definition) is 4. The molecule has 2 heterocycles. The number of carbonyl (C=O) groups excluding carboxylic acids is 1. The molecular formula is C16H21N3OS. The fourth-order valence-corrected chi connectivity index (χ4v) is 3.09. The number of amides is 1. The van der Waals surface area contributed by atoms with Crippen LogP contribution in [0.4, 0.5) is 5.82 Å². The van der Waals surface area contributed by atoms with Crippen molar-refractivity contribution in [1.29, 1.82) is 0 Å². The van der Waals surface area contributed by atoms with Crippen LogP contribution in [-0.4, -0.2) is 17.4 Å². The van der Waals surface area contributed by atoms with Gasteiger partial charge in [0, 0.05) is 22.7 Å². The van der Waals surface area contributed by atoms with Crippen LogP contribution in [0.2, 0.25) is 0 Å². The van der Waals surface area contributed by atoms with Crippen LogP contribution >= 0.6 is 11.3 Å². The van der Waals surface area contributed by atoms with Crippen LogP contribution in [0.15, 0.2) is 23.6 Å². The van der Waals surface area contributed by atoms with Crippen molar-refractivity contribution in [3.8, 4) is 0 Å². The molecule has 2 rings (SSSR count). The molecule has 0 bridgehead atoms. The molecule has 0 aliphatic heterocycles. The largest absolute Gasteiger partial charge is 0.370 e. The van der Waals surface area contributed by atoms with E-state index in [0.717, 1.165) is 24.5 Å². The van der Waals surface area contributed by atoms with Crippen molar-refractivity contribution in [3.63, 3.8) is 0 Å². The number of anilines is 1. The van der Waals surface area contributed by atoms with E-state index in [2.05, 4.69) is 34.0 Å². The summed E-state index contributed by atoms with van der Waals surface area (Å²) < 4.78 is 0. The Morgan fingerprint density at radius 3 is 2.86 bits per heavy atom. The SMILES string of the molecule is CCNc1cc(C(=O)NCc2sccc2CC)cc(C)n1. The minimum absolute atomic E-state index is 0.0601. The summed E-state index contributed by atoms with van der Waals surface area (Å²) in [7, 11) is 0. The number of nitrogens with one attached hydrogen (secondary N) is 2. The zero-order valence-corrected chi connectivity index (χ0v) is 13.5. The maximum atomic E-state index is 12.3. The Bertz CT molecular complexity index is 622. The number of hydrogen-bond donors (Lipinski definition) is 2. The molecule has 0 spiro atoms. The predicted molar refractivity (Wildman–Crippen MR) is 88.0 cm³/mol. The Morgan fingerprint density at radius 1 is 1.33 bits per heavy atom. The van der Waals surface area contributed by atoms with Gasteiger partial charge in [0.1, 0.15) is 5.82 Å². The molecule has 0 atom stereocenters. The molecule has 2 aromatic rings. The highest BCUT2D eigenvalue weighted by Gasteiger charge is 2.10. The van der Waals surface area contributed by atoms with E-state index < -0.39 is 0 Å². The summed E-state index contributed by atoms with van der Waals surface area (Å²) in [6.07, 6.45) is 0.994. The average Bonchev–Trinajstić information content (AvgIpc) is 2.92. The first-order chi connectivity index (χ1) is 10.1. The summed E-state index contributed by atoms with van der Waals surface area (Å²) in [4.78, 5) is 17.9. The standard InChI is InChI=1S/C16H21N3OS/c1-4-12-6-7-21-14(12)10-18-16(20)13-8-11(3)19-15(9-13)17-5-2/h6-9H,4-5,10H2,1-3H3,(H,17,19)(H,18,20). The lowest BCUT2D eigenvalue weighted by atomic mass is 10.2. The number of thiophene rings is 1. The first-order valence-electron chi connectivity index (χ1n) is 7.20. The Labute approximate surface area is 129 Å². The minimum Gasteiger partial charge on any atom is -0.370 e. The van der Waals surface area contributed by atoms with Gasteiger partial charge in [0.25, 0.3) is 5.91 Å². The van der Waals surface area contributed by atoms with Gasteiger partial charge in [-0.15, -0.1) is 11.3 Å². The Balaban J connectivity index is 2.06. The van der Waals surface area contributed by atoms with Crippen LogP contribution in [0.1, 0.15) is 40.3 Å². The second-order valence-corrected chi connectivity index (χ2v) is 5.82. The van der Waals surface area contributed by atoms with E-state index in [4.69, 9.17) is 0 Å². The Kier molecular flexibility index (Phi) is 5.33. The normalized spacial score (nSPS) is 10.4. The van der Waals surface area contributed by atoms with E-state index in [9.17, 15) is 4.79 Å². The molecule has 0 aromatic carbocycles. The van der Waals surface area contributed by atoms with Gasteiger partial charge in [-0.25, -0.2) is 4.98 Å². The van der Waals surface area contributed by atoms with E-state index in [1.54, 1.807) is 17.4 Å². The van der Waals surface area contributed by atoms with Crippen molar-refractivity contribution in [2.45, 2.75) is 33.7 Å². The topological polar surface area (TPSA) is 54.0 Å². The van der Waals surface area contributed by atoms with Crippen LogP contribution in [-0.2, 0) is 13.0 Å². The van der Waals surface area contributed by atoms with Gasteiger partial charge < -0.3 is 10.6 Å². The fourth-order valence-electron chi connectivity index (χ4n) is 2.17. The van der Waals surface area contributed by atoms with Crippen molar-refractivity contribution in [3.05, 3.63) is 45.3 Å². The summed E-state index contributed by atoms with van der Waals surface area (Å²) in [5.41, 5.74) is 2.79. The highest BCUT2D eigenvalue weighted by atomic mass is 32.1.